The Kier molecular flexibility index (Phi) is 5.72. The minimum absolute atomic E-state index is 0.203. The predicted octanol–water partition coefficient (Wildman–Crippen LogP) is 4.69. The van der Waals surface area contributed by atoms with Crippen molar-refractivity contribution in [1.29, 1.82) is 0 Å². The number of carbonyl (C=O) groups excluding carboxylic acids is 1. The van der Waals surface area contributed by atoms with Crippen LogP contribution in [0.2, 0.25) is 0 Å². The molecule has 0 saturated carbocycles. The molecule has 0 aliphatic heterocycles. The molecule has 0 radical (unpaired) electrons. The van der Waals surface area contributed by atoms with Crippen molar-refractivity contribution >= 4 is 27.8 Å². The topological polar surface area (TPSA) is 77.6 Å². The smallest absolute Gasteiger partial charge is 0.352 e. The Bertz CT molecular complexity index is 1500. The molecule has 1 amide bonds. The van der Waals surface area contributed by atoms with E-state index in [4.69, 9.17) is 0 Å². The highest BCUT2D eigenvalue weighted by molar-refractivity contribution is 6.10. The number of aromatic nitrogens is 5. The Morgan fingerprint density at radius 2 is 1.86 bits per heavy atom. The second kappa shape index (κ2) is 8.86. The predicted molar refractivity (Wildman–Crippen MR) is 125 cm³/mol. The Hall–Kier alpha value is -4.21. The van der Waals surface area contributed by atoms with Crippen LogP contribution in [0.25, 0.3) is 27.6 Å². The summed E-state index contributed by atoms with van der Waals surface area (Å²) >= 11 is 0. The fourth-order valence-electron chi connectivity index (χ4n) is 4.13. The van der Waals surface area contributed by atoms with E-state index >= 15 is 0 Å². The molecule has 0 atom stereocenters. The molecular weight excluding hydrogens is 457 g/mol. The highest BCUT2D eigenvalue weighted by atomic mass is 19.4. The molecule has 0 aliphatic rings. The van der Waals surface area contributed by atoms with Crippen molar-refractivity contribution in [1.82, 2.24) is 29.6 Å². The summed E-state index contributed by atoms with van der Waals surface area (Å²) in [6.07, 6.45) is 3.82. The number of halogens is 3. The van der Waals surface area contributed by atoms with Crippen LogP contribution in [-0.4, -0.2) is 36.8 Å². The monoisotopic (exact) mass is 478 g/mol. The standard InChI is InChI=1S/C25H21F3N6O/c1-33-15-21-20-13-16(24(35)31-10-2-3-18-14-29-11-12-30-18)4-9-22(20)34(23(21)32-33)19-7-5-17(6-8-19)25(26,27)28/h4-9,11-15H,2-3,10H2,1H3,(H,31,35). The van der Waals surface area contributed by atoms with Gasteiger partial charge in [-0.1, -0.05) is 0 Å². The number of amides is 1. The molecule has 10 heteroatoms. The molecule has 3 heterocycles. The van der Waals surface area contributed by atoms with E-state index in [1.807, 2.05) is 6.20 Å². The van der Waals surface area contributed by atoms with Gasteiger partial charge in [0.25, 0.3) is 5.91 Å². The van der Waals surface area contributed by atoms with E-state index in [0.29, 0.717) is 29.9 Å². The molecule has 5 rings (SSSR count). The lowest BCUT2D eigenvalue weighted by Gasteiger charge is -2.10. The largest absolute Gasteiger partial charge is 0.416 e. The quantitative estimate of drug-likeness (QED) is 0.359. The first-order valence-corrected chi connectivity index (χ1v) is 11.0. The number of carbonyl (C=O) groups is 1. The molecule has 0 spiro atoms. The summed E-state index contributed by atoms with van der Waals surface area (Å²) in [7, 11) is 1.77. The Morgan fingerprint density at radius 3 is 2.57 bits per heavy atom. The van der Waals surface area contributed by atoms with Gasteiger partial charge in [-0.3, -0.25) is 24.0 Å². The van der Waals surface area contributed by atoms with E-state index in [1.165, 1.54) is 12.1 Å². The zero-order valence-corrected chi connectivity index (χ0v) is 18.8. The highest BCUT2D eigenvalue weighted by Crippen LogP contribution is 2.34. The molecular formula is C25H21F3N6O. The molecule has 0 aliphatic carbocycles. The molecule has 3 aromatic heterocycles. The van der Waals surface area contributed by atoms with Crippen LogP contribution in [0, 0.1) is 0 Å². The van der Waals surface area contributed by atoms with Crippen molar-refractivity contribution in [3.63, 3.8) is 0 Å². The van der Waals surface area contributed by atoms with Gasteiger partial charge >= 0.3 is 6.18 Å². The fraction of sp³-hybridized carbons (Fsp3) is 0.200. The number of fused-ring (bicyclic) bond motifs is 3. The van der Waals surface area contributed by atoms with Crippen LogP contribution in [0.3, 0.4) is 0 Å². The van der Waals surface area contributed by atoms with E-state index in [9.17, 15) is 18.0 Å². The average Bonchev–Trinajstić information content (AvgIpc) is 3.36. The molecule has 0 bridgehead atoms. The van der Waals surface area contributed by atoms with E-state index < -0.39 is 11.7 Å². The maximum atomic E-state index is 13.0. The lowest BCUT2D eigenvalue weighted by atomic mass is 10.1. The molecule has 178 valence electrons. The van der Waals surface area contributed by atoms with Crippen LogP contribution in [-0.2, 0) is 19.6 Å². The van der Waals surface area contributed by atoms with Gasteiger partial charge in [0, 0.05) is 60.4 Å². The number of nitrogens with zero attached hydrogens (tertiary/aromatic N) is 5. The highest BCUT2D eigenvalue weighted by Gasteiger charge is 2.30. The summed E-state index contributed by atoms with van der Waals surface area (Å²) in [6, 6.07) is 10.3. The van der Waals surface area contributed by atoms with Gasteiger partial charge in [-0.25, -0.2) is 0 Å². The lowest BCUT2D eigenvalue weighted by molar-refractivity contribution is -0.137. The number of rotatable bonds is 6. The number of nitrogens with one attached hydrogen (secondary N) is 1. The van der Waals surface area contributed by atoms with Gasteiger partial charge in [0.15, 0.2) is 5.65 Å². The SMILES string of the molecule is Cn1cc2c3cc(C(=O)NCCCc4cnccn4)ccc3n(-c3ccc(C(F)(F)F)cc3)c2n1. The van der Waals surface area contributed by atoms with Gasteiger partial charge in [-0.05, 0) is 55.3 Å². The van der Waals surface area contributed by atoms with Crippen molar-refractivity contribution in [2.45, 2.75) is 19.0 Å². The number of aryl methyl sites for hydroxylation is 2. The van der Waals surface area contributed by atoms with Gasteiger partial charge in [0.1, 0.15) is 0 Å². The van der Waals surface area contributed by atoms with Crippen molar-refractivity contribution < 1.29 is 18.0 Å². The average molecular weight is 478 g/mol. The number of benzene rings is 2. The zero-order valence-electron chi connectivity index (χ0n) is 18.8. The maximum Gasteiger partial charge on any atom is 0.416 e. The summed E-state index contributed by atoms with van der Waals surface area (Å²) in [5.74, 6) is -0.203. The zero-order chi connectivity index (χ0) is 24.6. The van der Waals surface area contributed by atoms with Gasteiger partial charge < -0.3 is 5.32 Å². The van der Waals surface area contributed by atoms with Crippen LogP contribution in [0.4, 0.5) is 13.2 Å². The van der Waals surface area contributed by atoms with Gasteiger partial charge in [-0.15, -0.1) is 0 Å². The Morgan fingerprint density at radius 1 is 1.06 bits per heavy atom. The molecule has 0 unspecified atom stereocenters. The van der Waals surface area contributed by atoms with Gasteiger partial charge in [0.05, 0.1) is 16.8 Å². The van der Waals surface area contributed by atoms with E-state index in [2.05, 4.69) is 20.4 Å². The van der Waals surface area contributed by atoms with Crippen molar-refractivity contribution in [2.24, 2.45) is 7.05 Å². The van der Waals surface area contributed by atoms with Crippen LogP contribution in [0.1, 0.15) is 28.0 Å². The maximum absolute atomic E-state index is 13.0. The minimum Gasteiger partial charge on any atom is -0.352 e. The summed E-state index contributed by atoms with van der Waals surface area (Å²) in [4.78, 5) is 21.0. The minimum atomic E-state index is -4.41. The van der Waals surface area contributed by atoms with Gasteiger partial charge in [-0.2, -0.15) is 18.3 Å². The molecule has 1 N–H and O–H groups in total. The van der Waals surface area contributed by atoms with Crippen LogP contribution in [0.15, 0.2) is 67.3 Å². The summed E-state index contributed by atoms with van der Waals surface area (Å²) < 4.78 is 42.5. The summed E-state index contributed by atoms with van der Waals surface area (Å²) in [5, 5.41) is 9.03. The van der Waals surface area contributed by atoms with Crippen LogP contribution < -0.4 is 5.32 Å². The Labute approximate surface area is 198 Å². The van der Waals surface area contributed by atoms with Crippen LogP contribution >= 0.6 is 0 Å². The summed E-state index contributed by atoms with van der Waals surface area (Å²) in [5.41, 5.74) is 2.55. The second-order valence-corrected chi connectivity index (χ2v) is 8.21. The van der Waals surface area contributed by atoms with Crippen molar-refractivity contribution in [3.05, 3.63) is 84.1 Å². The van der Waals surface area contributed by atoms with Crippen LogP contribution in [0.5, 0.6) is 0 Å². The normalized spacial score (nSPS) is 11.9. The van der Waals surface area contributed by atoms with E-state index in [0.717, 1.165) is 40.5 Å². The second-order valence-electron chi connectivity index (χ2n) is 8.21. The molecule has 35 heavy (non-hydrogen) atoms. The molecule has 2 aromatic carbocycles. The third-order valence-electron chi connectivity index (χ3n) is 5.78. The molecule has 5 aromatic rings. The number of hydrogen-bond donors (Lipinski definition) is 1. The lowest BCUT2D eigenvalue weighted by Crippen LogP contribution is -2.24. The third kappa shape index (κ3) is 4.46. The number of alkyl halides is 3. The van der Waals surface area contributed by atoms with Gasteiger partial charge in [0.2, 0.25) is 0 Å². The molecule has 7 nitrogen and oxygen atoms in total. The first-order valence-electron chi connectivity index (χ1n) is 11.0. The third-order valence-corrected chi connectivity index (χ3v) is 5.78. The van der Waals surface area contributed by atoms with Crippen molar-refractivity contribution in [2.75, 3.05) is 6.54 Å². The molecule has 0 fully saturated rings. The van der Waals surface area contributed by atoms with Crippen molar-refractivity contribution in [3.8, 4) is 5.69 Å². The number of hydrogen-bond acceptors (Lipinski definition) is 4. The first kappa shape index (κ1) is 22.6. The fourth-order valence-corrected chi connectivity index (χ4v) is 4.13. The van der Waals surface area contributed by atoms with E-state index in [-0.39, 0.29) is 5.91 Å². The Balaban J connectivity index is 1.42. The molecule has 0 saturated heterocycles. The first-order chi connectivity index (χ1) is 16.8. The van der Waals surface area contributed by atoms with E-state index in [1.54, 1.807) is 53.1 Å². The summed E-state index contributed by atoms with van der Waals surface area (Å²) in [6.45, 7) is 0.488.